The van der Waals surface area contributed by atoms with Crippen LogP contribution in [0.3, 0.4) is 0 Å². The van der Waals surface area contributed by atoms with E-state index in [0.29, 0.717) is 6.54 Å². The molecule has 0 atom stereocenters. The van der Waals surface area contributed by atoms with Crippen LogP contribution in [0.25, 0.3) is 0 Å². The number of nitrogens with zero attached hydrogens (tertiary/aromatic N) is 1. The van der Waals surface area contributed by atoms with Gasteiger partial charge in [-0.1, -0.05) is 37.3 Å². The van der Waals surface area contributed by atoms with E-state index in [2.05, 4.69) is 18.8 Å². The molecule has 116 valence electrons. The highest BCUT2D eigenvalue weighted by Crippen LogP contribution is 2.30. The van der Waals surface area contributed by atoms with E-state index in [1.54, 1.807) is 10.4 Å². The highest BCUT2D eigenvalue weighted by molar-refractivity contribution is 7.88. The molecule has 1 aliphatic rings. The quantitative estimate of drug-likeness (QED) is 0.712. The first-order valence-electron chi connectivity index (χ1n) is 7.45. The molecule has 1 aromatic rings. The van der Waals surface area contributed by atoms with E-state index in [-0.39, 0.29) is 11.8 Å². The van der Waals surface area contributed by atoms with Crippen molar-refractivity contribution in [3.05, 3.63) is 48.0 Å². The lowest BCUT2D eigenvalue weighted by Gasteiger charge is -2.20. The van der Waals surface area contributed by atoms with Gasteiger partial charge in [-0.15, -0.1) is 6.58 Å². The zero-order chi connectivity index (χ0) is 15.3. The molecule has 0 spiro atoms. The third-order valence-corrected chi connectivity index (χ3v) is 5.43. The van der Waals surface area contributed by atoms with Gasteiger partial charge in [0, 0.05) is 19.1 Å². The monoisotopic (exact) mass is 308 g/mol. The molecule has 0 heterocycles. The van der Waals surface area contributed by atoms with Gasteiger partial charge in [0.1, 0.15) is 0 Å². The van der Waals surface area contributed by atoms with Gasteiger partial charge in [-0.2, -0.15) is 4.31 Å². The normalized spacial score (nSPS) is 15.3. The third-order valence-electron chi connectivity index (χ3n) is 3.57. The Morgan fingerprint density at radius 3 is 2.43 bits per heavy atom. The van der Waals surface area contributed by atoms with E-state index in [4.69, 9.17) is 0 Å². The molecule has 1 aliphatic carbocycles. The summed E-state index contributed by atoms with van der Waals surface area (Å²) in [5.41, 5.74) is 2.01. The molecule has 2 rings (SSSR count). The van der Waals surface area contributed by atoms with E-state index in [1.165, 1.54) is 5.56 Å². The molecule has 1 saturated carbocycles. The highest BCUT2D eigenvalue weighted by Gasteiger charge is 2.36. The van der Waals surface area contributed by atoms with Crippen molar-refractivity contribution in [1.82, 2.24) is 9.62 Å². The first-order chi connectivity index (χ1) is 10.1. The molecular weight excluding hydrogens is 284 g/mol. The molecule has 0 unspecified atom stereocenters. The van der Waals surface area contributed by atoms with E-state index in [1.807, 2.05) is 24.3 Å². The van der Waals surface area contributed by atoms with Gasteiger partial charge < -0.3 is 5.32 Å². The Morgan fingerprint density at radius 2 is 1.90 bits per heavy atom. The van der Waals surface area contributed by atoms with Crippen LogP contribution in [0, 0.1) is 0 Å². The van der Waals surface area contributed by atoms with Crippen molar-refractivity contribution >= 4 is 10.0 Å². The van der Waals surface area contributed by atoms with Crippen molar-refractivity contribution < 1.29 is 8.42 Å². The molecule has 0 saturated heterocycles. The molecule has 5 heteroatoms. The summed E-state index contributed by atoms with van der Waals surface area (Å²) < 4.78 is 26.6. The Bertz CT molecular complexity index is 562. The second-order valence-electron chi connectivity index (χ2n) is 5.44. The topological polar surface area (TPSA) is 49.4 Å². The number of benzene rings is 1. The third kappa shape index (κ3) is 4.66. The van der Waals surface area contributed by atoms with E-state index in [9.17, 15) is 8.42 Å². The summed E-state index contributed by atoms with van der Waals surface area (Å²) in [6, 6.07) is 7.97. The van der Waals surface area contributed by atoms with Gasteiger partial charge in [-0.05, 0) is 30.5 Å². The summed E-state index contributed by atoms with van der Waals surface area (Å²) in [6.45, 7) is 7.87. The van der Waals surface area contributed by atoms with Crippen LogP contribution in [0.1, 0.15) is 30.9 Å². The Kier molecular flexibility index (Phi) is 5.56. The van der Waals surface area contributed by atoms with Crippen LogP contribution in [-0.2, 0) is 22.3 Å². The zero-order valence-electron chi connectivity index (χ0n) is 12.6. The molecule has 0 aromatic heterocycles. The van der Waals surface area contributed by atoms with Crippen LogP contribution in [0.2, 0.25) is 0 Å². The van der Waals surface area contributed by atoms with Crippen molar-refractivity contribution in [3.63, 3.8) is 0 Å². The van der Waals surface area contributed by atoms with Crippen LogP contribution in [0.15, 0.2) is 36.9 Å². The maximum Gasteiger partial charge on any atom is 0.218 e. The van der Waals surface area contributed by atoms with Gasteiger partial charge in [-0.3, -0.25) is 0 Å². The number of sulfonamides is 1. The second kappa shape index (κ2) is 7.20. The number of hydrogen-bond donors (Lipinski definition) is 1. The summed E-state index contributed by atoms with van der Waals surface area (Å²) in [7, 11) is -3.26. The molecule has 1 aromatic carbocycles. The minimum absolute atomic E-state index is 0.0683. The van der Waals surface area contributed by atoms with Gasteiger partial charge in [-0.25, -0.2) is 8.42 Å². The number of nitrogens with one attached hydrogen (secondary N) is 1. The van der Waals surface area contributed by atoms with Crippen molar-refractivity contribution in [2.24, 2.45) is 0 Å². The molecule has 1 fully saturated rings. The molecule has 0 aliphatic heterocycles. The Labute approximate surface area is 127 Å². The minimum Gasteiger partial charge on any atom is -0.313 e. The van der Waals surface area contributed by atoms with Gasteiger partial charge in [0.15, 0.2) is 0 Å². The Balaban J connectivity index is 2.03. The lowest BCUT2D eigenvalue weighted by Crippen LogP contribution is -2.34. The van der Waals surface area contributed by atoms with Crippen LogP contribution in [0.5, 0.6) is 0 Å². The van der Waals surface area contributed by atoms with Gasteiger partial charge in [0.25, 0.3) is 0 Å². The fourth-order valence-corrected chi connectivity index (χ4v) is 4.07. The van der Waals surface area contributed by atoms with Gasteiger partial charge in [0.05, 0.1) is 5.75 Å². The molecule has 0 bridgehead atoms. The first-order valence-corrected chi connectivity index (χ1v) is 9.06. The molecule has 21 heavy (non-hydrogen) atoms. The lowest BCUT2D eigenvalue weighted by molar-refractivity contribution is 0.435. The second-order valence-corrected chi connectivity index (χ2v) is 7.36. The molecule has 0 radical (unpaired) electrons. The summed E-state index contributed by atoms with van der Waals surface area (Å²) in [4.78, 5) is 0. The molecule has 4 nitrogen and oxygen atoms in total. The molecular formula is C16H24N2O2S. The SMILES string of the molecule is C=CCN(C1CC1)S(=O)(=O)Cc1ccc(CNCC)cc1. The van der Waals surface area contributed by atoms with Crippen molar-refractivity contribution in [3.8, 4) is 0 Å². The average Bonchev–Trinajstić information content (AvgIpc) is 3.28. The van der Waals surface area contributed by atoms with Crippen LogP contribution < -0.4 is 5.32 Å². The molecule has 1 N–H and O–H groups in total. The van der Waals surface area contributed by atoms with Crippen molar-refractivity contribution in [2.45, 2.75) is 38.1 Å². The molecule has 0 amide bonds. The highest BCUT2D eigenvalue weighted by atomic mass is 32.2. The zero-order valence-corrected chi connectivity index (χ0v) is 13.4. The first kappa shape index (κ1) is 16.2. The maximum atomic E-state index is 12.5. The summed E-state index contributed by atoms with van der Waals surface area (Å²) in [5.74, 6) is 0.0683. The maximum absolute atomic E-state index is 12.5. The number of rotatable bonds is 9. The standard InChI is InChI=1S/C16H24N2O2S/c1-3-11-18(16-9-10-16)21(19,20)13-15-7-5-14(6-8-15)12-17-4-2/h3,5-8,16-17H,1,4,9-13H2,2H3. The fourth-order valence-electron chi connectivity index (χ4n) is 2.30. The summed E-state index contributed by atoms with van der Waals surface area (Å²) in [5, 5.41) is 3.25. The van der Waals surface area contributed by atoms with Crippen molar-refractivity contribution in [1.29, 1.82) is 0 Å². The average molecular weight is 308 g/mol. The largest absolute Gasteiger partial charge is 0.313 e. The van der Waals surface area contributed by atoms with Crippen LogP contribution in [-0.4, -0.2) is 31.9 Å². The smallest absolute Gasteiger partial charge is 0.218 e. The predicted molar refractivity (Wildman–Crippen MR) is 86.4 cm³/mol. The van der Waals surface area contributed by atoms with Crippen molar-refractivity contribution in [2.75, 3.05) is 13.1 Å². The fraction of sp³-hybridized carbons (Fsp3) is 0.500. The predicted octanol–water partition coefficient (Wildman–Crippen LogP) is 2.28. The van der Waals surface area contributed by atoms with E-state index in [0.717, 1.165) is 31.5 Å². The van der Waals surface area contributed by atoms with E-state index < -0.39 is 10.0 Å². The van der Waals surface area contributed by atoms with E-state index >= 15 is 0 Å². The Hall–Kier alpha value is -1.17. The van der Waals surface area contributed by atoms with Crippen LogP contribution >= 0.6 is 0 Å². The van der Waals surface area contributed by atoms with Gasteiger partial charge in [0.2, 0.25) is 10.0 Å². The van der Waals surface area contributed by atoms with Gasteiger partial charge >= 0.3 is 0 Å². The number of hydrogen-bond acceptors (Lipinski definition) is 3. The summed E-state index contributed by atoms with van der Waals surface area (Å²) in [6.07, 6.45) is 3.60. The van der Waals surface area contributed by atoms with Crippen LogP contribution in [0.4, 0.5) is 0 Å². The summed E-state index contributed by atoms with van der Waals surface area (Å²) >= 11 is 0. The minimum atomic E-state index is -3.26. The lowest BCUT2D eigenvalue weighted by atomic mass is 10.1. The Morgan fingerprint density at radius 1 is 1.29 bits per heavy atom.